The summed E-state index contributed by atoms with van der Waals surface area (Å²) < 4.78 is 35.5. The lowest BCUT2D eigenvalue weighted by molar-refractivity contribution is -0.373. The van der Waals surface area contributed by atoms with E-state index in [1.807, 2.05) is 0 Å². The van der Waals surface area contributed by atoms with Crippen LogP contribution in [0.3, 0.4) is 0 Å². The number of ether oxygens (including phenoxy) is 6. The van der Waals surface area contributed by atoms with Gasteiger partial charge in [0.15, 0.2) is 18.9 Å². The first kappa shape index (κ1) is 43.6. The third kappa shape index (κ3) is 12.7. The minimum atomic E-state index is -1.83. The summed E-state index contributed by atoms with van der Waals surface area (Å²) >= 11 is 0. The van der Waals surface area contributed by atoms with Crippen molar-refractivity contribution in [3.8, 4) is 0 Å². The van der Waals surface area contributed by atoms with Gasteiger partial charge in [-0.25, -0.2) is 0 Å². The van der Waals surface area contributed by atoms with Gasteiger partial charge in [-0.1, -0.05) is 56.5 Å². The predicted molar refractivity (Wildman–Crippen MR) is 175 cm³/mol. The van der Waals surface area contributed by atoms with Crippen molar-refractivity contribution in [2.24, 2.45) is 5.11 Å². The average molecular weight is 739 g/mol. The Kier molecular flexibility index (Phi) is 19.2. The fourth-order valence-electron chi connectivity index (χ4n) is 6.47. The van der Waals surface area contributed by atoms with Gasteiger partial charge in [-0.15, -0.1) is 0 Å². The molecule has 19 heteroatoms. The highest BCUT2D eigenvalue weighted by Crippen LogP contribution is 2.34. The maximum Gasteiger partial charge on any atom is 0.217 e. The van der Waals surface area contributed by atoms with E-state index in [0.29, 0.717) is 13.0 Å². The molecule has 3 fully saturated rings. The van der Waals surface area contributed by atoms with Crippen molar-refractivity contribution in [2.45, 2.75) is 170 Å². The summed E-state index contributed by atoms with van der Waals surface area (Å²) in [5.41, 5.74) is 8.32. The molecule has 3 aliphatic heterocycles. The maximum atomic E-state index is 12.5. The molecule has 51 heavy (non-hydrogen) atoms. The van der Waals surface area contributed by atoms with Crippen molar-refractivity contribution in [3.05, 3.63) is 10.4 Å². The molecule has 3 saturated heterocycles. The number of aliphatic hydroxyl groups excluding tert-OH is 8. The Morgan fingerprint density at radius 1 is 0.686 bits per heavy atom. The lowest BCUT2D eigenvalue weighted by Crippen LogP contribution is -2.69. The van der Waals surface area contributed by atoms with Gasteiger partial charge in [-0.2, -0.15) is 0 Å². The monoisotopic (exact) mass is 738 g/mol. The van der Waals surface area contributed by atoms with E-state index in [4.69, 9.17) is 34.0 Å². The van der Waals surface area contributed by atoms with Crippen molar-refractivity contribution >= 4 is 5.91 Å². The number of hydrogen-bond donors (Lipinski definition) is 9. The van der Waals surface area contributed by atoms with Gasteiger partial charge in [0.1, 0.15) is 67.1 Å². The van der Waals surface area contributed by atoms with Crippen LogP contribution in [0.5, 0.6) is 0 Å². The molecule has 0 saturated carbocycles. The number of azide groups is 1. The molecule has 1 amide bonds. The number of rotatable bonds is 21. The molecule has 19 nitrogen and oxygen atoms in total. The van der Waals surface area contributed by atoms with E-state index in [9.17, 15) is 45.6 Å². The van der Waals surface area contributed by atoms with Gasteiger partial charge in [0.2, 0.25) is 5.91 Å². The van der Waals surface area contributed by atoms with Crippen LogP contribution in [0, 0.1) is 0 Å². The van der Waals surface area contributed by atoms with Crippen LogP contribution in [0.2, 0.25) is 0 Å². The largest absolute Gasteiger partial charge is 0.394 e. The zero-order valence-electron chi connectivity index (χ0n) is 29.3. The molecular weight excluding hydrogens is 680 g/mol. The highest BCUT2D eigenvalue weighted by molar-refractivity contribution is 5.73. The third-order valence-electron chi connectivity index (χ3n) is 9.43. The molecule has 9 N–H and O–H groups in total. The molecule has 0 aromatic heterocycles. The molecule has 3 rings (SSSR count). The molecule has 0 spiro atoms. The van der Waals surface area contributed by atoms with Gasteiger partial charge in [-0.05, 0) is 25.3 Å². The summed E-state index contributed by atoms with van der Waals surface area (Å²) in [6.07, 6.45) is -11.2. The van der Waals surface area contributed by atoms with E-state index in [1.54, 1.807) is 0 Å². The number of nitrogens with zero attached hydrogens (tertiary/aromatic N) is 3. The smallest absolute Gasteiger partial charge is 0.217 e. The fraction of sp³-hybridized carbons (Fsp3) is 0.969. The van der Waals surface area contributed by atoms with E-state index in [0.717, 1.165) is 57.8 Å². The Bertz CT molecular complexity index is 1060. The number of nitrogens with one attached hydrogen (secondary N) is 1. The summed E-state index contributed by atoms with van der Waals surface area (Å²) in [6, 6.07) is -1.19. The SMILES string of the molecule is CC(=O)N[C@H]1[C@H](OCCCCCCCCCCCCN=[N+]=[N-])O[C@H](CO)[C@@H](O[C@@H]2O[C@H](CO)[C@H](O)[C@H](O)[C@H]2O)[C@@H]1O[C@@H]1O[C@@H](C)[C@@H](O)[C@@H](O)[C@@H]1O. The molecule has 3 heterocycles. The zero-order valence-corrected chi connectivity index (χ0v) is 29.3. The molecular formula is C32H58N4O15. The Balaban J connectivity index is 1.69. The number of hydrogen-bond acceptors (Lipinski definition) is 16. The van der Waals surface area contributed by atoms with Crippen molar-refractivity contribution in [1.29, 1.82) is 0 Å². The summed E-state index contributed by atoms with van der Waals surface area (Å²) in [6.45, 7) is 1.99. The Labute approximate surface area is 297 Å². The molecule has 0 aromatic rings. The van der Waals surface area contributed by atoms with Crippen molar-refractivity contribution < 1.29 is 74.1 Å². The van der Waals surface area contributed by atoms with Gasteiger partial charge in [0.25, 0.3) is 0 Å². The number of carbonyl (C=O) groups excluding carboxylic acids is 1. The van der Waals surface area contributed by atoms with Gasteiger partial charge >= 0.3 is 0 Å². The lowest BCUT2D eigenvalue weighted by Gasteiger charge is -2.50. The third-order valence-corrected chi connectivity index (χ3v) is 9.43. The second-order valence-corrected chi connectivity index (χ2v) is 13.4. The Hall–Kier alpha value is -1.78. The second-order valence-electron chi connectivity index (χ2n) is 13.4. The van der Waals surface area contributed by atoms with Crippen LogP contribution in [0.15, 0.2) is 5.11 Å². The van der Waals surface area contributed by atoms with Crippen molar-refractivity contribution in [1.82, 2.24) is 5.32 Å². The fourth-order valence-corrected chi connectivity index (χ4v) is 6.47. The van der Waals surface area contributed by atoms with Gasteiger partial charge < -0.3 is 74.6 Å². The molecule has 296 valence electrons. The van der Waals surface area contributed by atoms with Gasteiger partial charge in [-0.3, -0.25) is 4.79 Å². The van der Waals surface area contributed by atoms with Crippen LogP contribution in [-0.2, 0) is 33.2 Å². The number of amides is 1. The van der Waals surface area contributed by atoms with Crippen molar-refractivity contribution in [2.75, 3.05) is 26.4 Å². The lowest BCUT2D eigenvalue weighted by atomic mass is 9.94. The predicted octanol–water partition coefficient (Wildman–Crippen LogP) is -1.17. The van der Waals surface area contributed by atoms with Crippen LogP contribution in [0.1, 0.15) is 78.1 Å². The molecule has 0 aromatic carbocycles. The summed E-state index contributed by atoms with van der Waals surface area (Å²) in [5.74, 6) is -0.538. The second kappa shape index (κ2) is 22.4. The molecule has 0 radical (unpaired) electrons. The van der Waals surface area contributed by atoms with E-state index < -0.39 is 111 Å². The Morgan fingerprint density at radius 2 is 1.20 bits per heavy atom. The maximum absolute atomic E-state index is 12.5. The number of carbonyl (C=O) groups is 1. The Morgan fingerprint density at radius 3 is 1.76 bits per heavy atom. The van der Waals surface area contributed by atoms with E-state index in [2.05, 4.69) is 15.3 Å². The summed E-state index contributed by atoms with van der Waals surface area (Å²) in [5, 5.41) is 89.1. The first-order chi connectivity index (χ1) is 24.4. The topological polar surface area (TPSA) is 295 Å². The molecule has 0 bridgehead atoms. The highest BCUT2D eigenvalue weighted by atomic mass is 16.8. The van der Waals surface area contributed by atoms with E-state index >= 15 is 0 Å². The van der Waals surface area contributed by atoms with E-state index in [1.165, 1.54) is 13.8 Å². The van der Waals surface area contributed by atoms with Crippen LogP contribution in [-0.4, -0.2) is 165 Å². The first-order valence-corrected chi connectivity index (χ1v) is 17.9. The zero-order chi connectivity index (χ0) is 37.5. The van der Waals surface area contributed by atoms with Crippen LogP contribution in [0.4, 0.5) is 0 Å². The van der Waals surface area contributed by atoms with E-state index in [-0.39, 0.29) is 6.61 Å². The number of unbranched alkanes of at least 4 members (excludes halogenated alkanes) is 9. The summed E-state index contributed by atoms with van der Waals surface area (Å²) in [4.78, 5) is 15.2. The van der Waals surface area contributed by atoms with Crippen molar-refractivity contribution in [3.63, 3.8) is 0 Å². The quantitative estimate of drug-likeness (QED) is 0.0290. The molecule has 3 aliphatic rings. The van der Waals surface area contributed by atoms with Gasteiger partial charge in [0, 0.05) is 25.0 Å². The average Bonchev–Trinajstić information content (AvgIpc) is 3.11. The first-order valence-electron chi connectivity index (χ1n) is 17.9. The van der Waals surface area contributed by atoms with Crippen LogP contribution < -0.4 is 5.32 Å². The number of aliphatic hydroxyl groups is 8. The molecule has 0 unspecified atom stereocenters. The van der Waals surface area contributed by atoms with Crippen LogP contribution >= 0.6 is 0 Å². The minimum absolute atomic E-state index is 0.208. The standard InChI is InChI=1S/C32H58N4O15/c1-17-22(40)24(42)26(44)31(47-17)51-29-21(35-18(2)39)30(46-14-12-10-8-6-4-3-5-7-9-11-13-34-36-33)49-20(16-38)28(29)50-32-27(45)25(43)23(41)19(15-37)48-32/h17,19-32,37-38,40-45H,3-16H2,1-2H3,(H,35,39)/t17-,19+,20+,21+,22+,23-,24+,25-,26-,27+,28+,29+,30+,31-,32-/m0/s1. The molecule has 0 aliphatic carbocycles. The highest BCUT2D eigenvalue weighted by Gasteiger charge is 2.54. The summed E-state index contributed by atoms with van der Waals surface area (Å²) in [7, 11) is 0. The normalized spacial score (nSPS) is 38.6. The molecule has 15 atom stereocenters. The van der Waals surface area contributed by atoms with Crippen LogP contribution in [0.25, 0.3) is 10.4 Å². The minimum Gasteiger partial charge on any atom is -0.394 e. The van der Waals surface area contributed by atoms with Gasteiger partial charge in [0.05, 0.1) is 19.3 Å².